The molecule has 9 N–H and O–H groups in total. The molecule has 0 radical (unpaired) electrons. The lowest BCUT2D eigenvalue weighted by Crippen LogP contribution is -2.26. The molecule has 3 rings (SSSR count). The molecule has 0 spiro atoms. The lowest BCUT2D eigenvalue weighted by atomic mass is 10.2. The lowest BCUT2D eigenvalue weighted by molar-refractivity contribution is -0.124. The predicted molar refractivity (Wildman–Crippen MR) is 111 cm³/mol. The molecule has 2 aromatic rings. The van der Waals surface area contributed by atoms with Gasteiger partial charge in [-0.1, -0.05) is 0 Å². The third-order valence-electron chi connectivity index (χ3n) is 4.08. The van der Waals surface area contributed by atoms with Crippen molar-refractivity contribution in [2.45, 2.75) is 25.0 Å². The molecule has 0 amide bonds. The summed E-state index contributed by atoms with van der Waals surface area (Å²) in [4.78, 5) is 77.5. The van der Waals surface area contributed by atoms with Gasteiger partial charge in [0.1, 0.15) is 12.3 Å². The van der Waals surface area contributed by atoms with E-state index in [1.54, 1.807) is 0 Å². The molecule has 1 fully saturated rings. The number of hydrogen-bond donors (Lipinski definition) is 8. The van der Waals surface area contributed by atoms with Crippen LogP contribution in [-0.2, 0) is 32.0 Å². The molecule has 0 bridgehead atoms. The van der Waals surface area contributed by atoms with Crippen LogP contribution in [0.15, 0.2) is 11.1 Å². The van der Waals surface area contributed by atoms with Gasteiger partial charge >= 0.3 is 30.4 Å². The van der Waals surface area contributed by atoms with Crippen molar-refractivity contribution in [2.75, 3.05) is 17.5 Å². The summed E-state index contributed by atoms with van der Waals surface area (Å²) >= 11 is 0. The highest BCUT2D eigenvalue weighted by atomic mass is 31.2. The minimum atomic E-state index is -5.08. The lowest BCUT2D eigenvalue weighted by Gasteiger charge is -2.24. The summed E-state index contributed by atoms with van der Waals surface area (Å²) in [6.07, 6.45) is -4.51. The quantitative estimate of drug-likeness (QED) is 0.168. The molecule has 19 nitrogen and oxygen atoms in total. The van der Waals surface area contributed by atoms with Gasteiger partial charge in [-0.3, -0.25) is 41.7 Å². The van der Waals surface area contributed by atoms with Crippen molar-refractivity contribution in [2.24, 2.45) is 0 Å². The normalized spacial score (nSPS) is 25.3. The van der Waals surface area contributed by atoms with Crippen LogP contribution >= 0.6 is 30.4 Å². The Bertz CT molecular complexity index is 1280. The molecule has 5 atom stereocenters. The van der Waals surface area contributed by atoms with Crippen LogP contribution in [-0.4, -0.2) is 73.1 Å². The molecule has 0 aliphatic carbocycles. The summed E-state index contributed by atoms with van der Waals surface area (Å²) in [5.74, 6) is -3.53. The Morgan fingerprint density at radius 2 is 1.62 bits per heavy atom. The molecule has 192 valence electrons. The Morgan fingerprint density at radius 1 is 1.06 bits per heavy atom. The highest BCUT2D eigenvalue weighted by Crippen LogP contribution is 2.60. The summed E-state index contributed by atoms with van der Waals surface area (Å²) in [6, 6.07) is 0. The Labute approximate surface area is 188 Å². The van der Waals surface area contributed by atoms with E-state index in [1.165, 1.54) is 0 Å². The van der Waals surface area contributed by atoms with Gasteiger partial charge in [-0.15, -0.1) is 0 Å². The molecule has 1 aliphatic rings. The number of fused-ring (bicyclic) bond motifs is 1. The van der Waals surface area contributed by atoms with Crippen molar-refractivity contribution in [3.8, 4) is 0 Å². The molecule has 1 saturated heterocycles. The molecular formula is C11H19N5O14P4. The summed E-state index contributed by atoms with van der Waals surface area (Å²) < 4.78 is 62.7. The van der Waals surface area contributed by atoms with Crippen molar-refractivity contribution in [3.63, 3.8) is 0 Å². The van der Waals surface area contributed by atoms with Gasteiger partial charge in [-0.2, -0.15) is 4.98 Å². The van der Waals surface area contributed by atoms with Crippen molar-refractivity contribution in [1.29, 1.82) is 0 Å². The van der Waals surface area contributed by atoms with E-state index in [2.05, 4.69) is 15.0 Å². The van der Waals surface area contributed by atoms with Gasteiger partial charge in [0, 0.05) is 6.42 Å². The SMILES string of the molecule is Nc1nc2c(ncn2[C@H]2C[C@H](OP(=O)(O)CP(=O)(O)O)[C@@H](OP(=O)(O)CP(=O)(O)O)O2)c(=O)[nH]1. The second-order valence-corrected chi connectivity index (χ2v) is 15.0. The zero-order valence-corrected chi connectivity index (χ0v) is 20.2. The van der Waals surface area contributed by atoms with Crippen LogP contribution in [0.5, 0.6) is 0 Å². The minimum absolute atomic E-state index is 0.129. The van der Waals surface area contributed by atoms with Crippen molar-refractivity contribution < 1.29 is 61.4 Å². The Morgan fingerprint density at radius 3 is 2.18 bits per heavy atom. The van der Waals surface area contributed by atoms with E-state index >= 15 is 0 Å². The Kier molecular flexibility index (Phi) is 7.47. The number of aromatic nitrogens is 4. The number of hydrogen-bond acceptors (Lipinski definition) is 11. The Hall–Kier alpha value is -1.29. The van der Waals surface area contributed by atoms with Crippen LogP contribution in [0.1, 0.15) is 12.6 Å². The fraction of sp³-hybridized carbons (Fsp3) is 0.545. The predicted octanol–water partition coefficient (Wildman–Crippen LogP) is -1.01. The number of aromatic amines is 1. The van der Waals surface area contributed by atoms with Crippen LogP contribution in [0, 0.1) is 0 Å². The summed E-state index contributed by atoms with van der Waals surface area (Å²) in [7, 11) is -20.2. The molecular weight excluding hydrogens is 550 g/mol. The number of ether oxygens (including phenoxy) is 1. The van der Waals surface area contributed by atoms with E-state index < -0.39 is 72.8 Å². The van der Waals surface area contributed by atoms with Gasteiger partial charge < -0.3 is 39.8 Å². The van der Waals surface area contributed by atoms with Gasteiger partial charge in [0.2, 0.25) is 5.95 Å². The highest BCUT2D eigenvalue weighted by Gasteiger charge is 2.47. The summed E-state index contributed by atoms with van der Waals surface area (Å²) in [5, 5.41) is 0. The molecule has 3 heterocycles. The van der Waals surface area contributed by atoms with Crippen LogP contribution in [0.3, 0.4) is 0 Å². The van der Waals surface area contributed by atoms with Crippen LogP contribution < -0.4 is 11.3 Å². The summed E-state index contributed by atoms with van der Waals surface area (Å²) in [6.45, 7) is 0. The first kappa shape index (κ1) is 27.3. The molecule has 2 unspecified atom stereocenters. The Balaban J connectivity index is 1.94. The van der Waals surface area contributed by atoms with E-state index in [0.29, 0.717) is 0 Å². The second kappa shape index (κ2) is 9.30. The second-order valence-electron chi connectivity index (χ2n) is 7.11. The maximum atomic E-state index is 12.2. The highest BCUT2D eigenvalue weighted by molar-refractivity contribution is 7.70. The number of nitrogen functional groups attached to an aromatic ring is 1. The van der Waals surface area contributed by atoms with Gasteiger partial charge in [0.15, 0.2) is 29.3 Å². The molecule has 23 heteroatoms. The number of imidazole rings is 1. The summed E-state index contributed by atoms with van der Waals surface area (Å²) in [5.41, 5.74) is 4.46. The minimum Gasteiger partial charge on any atom is -0.369 e. The molecule has 0 aromatic carbocycles. The van der Waals surface area contributed by atoms with Gasteiger partial charge in [-0.25, -0.2) is 4.98 Å². The number of nitrogens with zero attached hydrogens (tertiary/aromatic N) is 3. The van der Waals surface area contributed by atoms with Gasteiger partial charge in [-0.05, 0) is 0 Å². The van der Waals surface area contributed by atoms with Crippen molar-refractivity contribution in [1.82, 2.24) is 19.5 Å². The third kappa shape index (κ3) is 7.12. The number of nitrogens with one attached hydrogen (secondary N) is 1. The van der Waals surface area contributed by atoms with E-state index in [-0.39, 0.29) is 17.1 Å². The monoisotopic (exact) mass is 569 g/mol. The van der Waals surface area contributed by atoms with Crippen molar-refractivity contribution in [3.05, 3.63) is 16.7 Å². The fourth-order valence-corrected chi connectivity index (χ4v) is 8.41. The van der Waals surface area contributed by atoms with Gasteiger partial charge in [0.25, 0.3) is 5.56 Å². The first-order valence-corrected chi connectivity index (χ1v) is 15.9. The first-order valence-electron chi connectivity index (χ1n) is 8.81. The van der Waals surface area contributed by atoms with Crippen LogP contribution in [0.4, 0.5) is 5.95 Å². The van der Waals surface area contributed by atoms with E-state index in [9.17, 15) is 32.8 Å². The van der Waals surface area contributed by atoms with Crippen LogP contribution in [0.2, 0.25) is 0 Å². The number of nitrogens with two attached hydrogens (primary N) is 1. The average molecular weight is 569 g/mol. The van der Waals surface area contributed by atoms with E-state index in [1.807, 2.05) is 0 Å². The smallest absolute Gasteiger partial charge is 0.342 e. The van der Waals surface area contributed by atoms with E-state index in [0.717, 1.165) is 10.9 Å². The fourth-order valence-electron chi connectivity index (χ4n) is 3.03. The van der Waals surface area contributed by atoms with E-state index in [4.69, 9.17) is 39.1 Å². The standard InChI is InChI=1S/C11H19N5O14P4/c12-11-14-8-7(9(17)15-11)13-2-16(8)6-1-5(29-33(24,25)3-31(18,19)20)10(28-6)30-34(26,27)4-32(21,22)23/h2,5-6,10H,1,3-4H2,(H,24,25)(H,26,27)(H2,18,19,20)(H2,21,22,23)(H3,12,14,15,17)/t5-,6+,10+/m0/s1. The maximum Gasteiger partial charge on any atom is 0.342 e. The molecule has 0 saturated carbocycles. The van der Waals surface area contributed by atoms with Gasteiger partial charge in [0.05, 0.1) is 6.33 Å². The number of rotatable bonds is 9. The third-order valence-corrected chi connectivity index (χ3v) is 11.0. The maximum absolute atomic E-state index is 12.2. The molecule has 34 heavy (non-hydrogen) atoms. The zero-order chi connectivity index (χ0) is 25.7. The number of H-pyrrole nitrogens is 1. The first-order chi connectivity index (χ1) is 15.3. The topological polar surface area (TPSA) is 307 Å². The molecule has 2 aromatic heterocycles. The average Bonchev–Trinajstić information content (AvgIpc) is 3.13. The van der Waals surface area contributed by atoms with Crippen LogP contribution in [0.25, 0.3) is 11.2 Å². The van der Waals surface area contributed by atoms with Crippen molar-refractivity contribution >= 4 is 47.5 Å². The largest absolute Gasteiger partial charge is 0.369 e. The zero-order valence-electron chi connectivity index (χ0n) is 16.6. The molecule has 1 aliphatic heterocycles. The number of anilines is 1.